The number of carbonyl (C=O) groups is 3. The van der Waals surface area contributed by atoms with Gasteiger partial charge in [-0.25, -0.2) is 9.59 Å². The number of ether oxygens (including phenoxy) is 1. The number of rotatable bonds is 6. The van der Waals surface area contributed by atoms with E-state index in [0.717, 1.165) is 4.90 Å². The first kappa shape index (κ1) is 17.2. The van der Waals surface area contributed by atoms with E-state index >= 15 is 0 Å². The van der Waals surface area contributed by atoms with E-state index in [1.165, 1.54) is 4.90 Å². The molecule has 21 heavy (non-hydrogen) atoms. The number of esters is 1. The second-order valence-electron chi connectivity index (χ2n) is 4.91. The molecule has 2 atom stereocenters. The SMILES string of the molecule is CCCN(CC(=O)OCC)C(=O)N1CC(O)CC1C(=O)O. The highest BCUT2D eigenvalue weighted by Crippen LogP contribution is 2.20. The van der Waals surface area contributed by atoms with Gasteiger partial charge in [0.1, 0.15) is 12.6 Å². The van der Waals surface area contributed by atoms with E-state index in [1.54, 1.807) is 6.92 Å². The van der Waals surface area contributed by atoms with Crippen LogP contribution in [0.4, 0.5) is 4.79 Å². The Labute approximate surface area is 123 Å². The zero-order valence-corrected chi connectivity index (χ0v) is 12.3. The Morgan fingerprint density at radius 1 is 1.33 bits per heavy atom. The van der Waals surface area contributed by atoms with Crippen molar-refractivity contribution in [2.75, 3.05) is 26.2 Å². The minimum atomic E-state index is -1.16. The molecule has 0 radical (unpaired) electrons. The lowest BCUT2D eigenvalue weighted by molar-refractivity contribution is -0.143. The van der Waals surface area contributed by atoms with Crippen LogP contribution in [0.3, 0.4) is 0 Å². The van der Waals surface area contributed by atoms with Gasteiger partial charge in [0.25, 0.3) is 0 Å². The number of β-amino-alcohol motifs (C(OH)–C–C–N with tert-alkyl or cyclic N) is 1. The Bertz CT molecular complexity index is 400. The van der Waals surface area contributed by atoms with Gasteiger partial charge < -0.3 is 24.7 Å². The van der Waals surface area contributed by atoms with E-state index < -0.39 is 30.1 Å². The zero-order valence-electron chi connectivity index (χ0n) is 12.3. The van der Waals surface area contributed by atoms with Crippen LogP contribution in [-0.4, -0.2) is 76.4 Å². The predicted molar refractivity (Wildman–Crippen MR) is 72.6 cm³/mol. The highest BCUT2D eigenvalue weighted by molar-refractivity contribution is 5.86. The summed E-state index contributed by atoms with van der Waals surface area (Å²) in [7, 11) is 0. The molecule has 1 rings (SSSR count). The first-order valence-electron chi connectivity index (χ1n) is 7.02. The van der Waals surface area contributed by atoms with Gasteiger partial charge in [-0.3, -0.25) is 4.79 Å². The summed E-state index contributed by atoms with van der Waals surface area (Å²) in [6, 6.07) is -1.62. The molecule has 2 N–H and O–H groups in total. The van der Waals surface area contributed by atoms with E-state index in [4.69, 9.17) is 9.84 Å². The Morgan fingerprint density at radius 3 is 2.52 bits per heavy atom. The highest BCUT2D eigenvalue weighted by Gasteiger charge is 2.40. The lowest BCUT2D eigenvalue weighted by Gasteiger charge is -2.29. The number of aliphatic hydroxyl groups is 1. The van der Waals surface area contributed by atoms with Crippen molar-refractivity contribution in [1.82, 2.24) is 9.80 Å². The third-order valence-corrected chi connectivity index (χ3v) is 3.20. The molecular formula is C13H22N2O6. The molecule has 120 valence electrons. The van der Waals surface area contributed by atoms with Crippen LogP contribution in [0.25, 0.3) is 0 Å². The van der Waals surface area contributed by atoms with Crippen LogP contribution in [0, 0.1) is 0 Å². The van der Waals surface area contributed by atoms with Gasteiger partial charge >= 0.3 is 18.0 Å². The van der Waals surface area contributed by atoms with Crippen molar-refractivity contribution < 1.29 is 29.3 Å². The van der Waals surface area contributed by atoms with E-state index in [-0.39, 0.29) is 26.1 Å². The summed E-state index contributed by atoms with van der Waals surface area (Å²) >= 11 is 0. The number of amides is 2. The standard InChI is InChI=1S/C13H22N2O6/c1-3-5-14(8-11(17)21-4-2)13(20)15-7-9(16)6-10(15)12(18)19/h9-10,16H,3-8H2,1-2H3,(H,18,19). The van der Waals surface area contributed by atoms with Gasteiger partial charge in [-0.2, -0.15) is 0 Å². The molecule has 0 saturated carbocycles. The fourth-order valence-electron chi connectivity index (χ4n) is 2.32. The Kier molecular flexibility index (Phi) is 6.41. The molecule has 0 spiro atoms. The Hall–Kier alpha value is -1.83. The van der Waals surface area contributed by atoms with Crippen molar-refractivity contribution in [3.8, 4) is 0 Å². The van der Waals surface area contributed by atoms with Crippen LogP contribution in [0.15, 0.2) is 0 Å². The third-order valence-electron chi connectivity index (χ3n) is 3.20. The van der Waals surface area contributed by atoms with Gasteiger partial charge in [0.05, 0.1) is 12.7 Å². The molecule has 8 heteroatoms. The maximum Gasteiger partial charge on any atom is 0.326 e. The number of hydrogen-bond donors (Lipinski definition) is 2. The summed E-state index contributed by atoms with van der Waals surface area (Å²) in [6.45, 7) is 3.78. The minimum Gasteiger partial charge on any atom is -0.480 e. The maximum absolute atomic E-state index is 12.4. The van der Waals surface area contributed by atoms with Crippen molar-refractivity contribution in [2.24, 2.45) is 0 Å². The van der Waals surface area contributed by atoms with Crippen molar-refractivity contribution in [2.45, 2.75) is 38.8 Å². The second kappa shape index (κ2) is 7.82. The van der Waals surface area contributed by atoms with Gasteiger partial charge in [0, 0.05) is 19.5 Å². The molecule has 8 nitrogen and oxygen atoms in total. The number of hydrogen-bond acceptors (Lipinski definition) is 5. The van der Waals surface area contributed by atoms with Crippen molar-refractivity contribution in [1.29, 1.82) is 0 Å². The molecular weight excluding hydrogens is 280 g/mol. The normalized spacial score (nSPS) is 21.2. The first-order valence-corrected chi connectivity index (χ1v) is 7.02. The third kappa shape index (κ3) is 4.59. The molecule has 1 heterocycles. The fourth-order valence-corrected chi connectivity index (χ4v) is 2.32. The topological polar surface area (TPSA) is 107 Å². The molecule has 0 bridgehead atoms. The molecule has 1 saturated heterocycles. The van der Waals surface area contributed by atoms with Gasteiger partial charge in [-0.1, -0.05) is 6.92 Å². The number of nitrogens with zero attached hydrogens (tertiary/aromatic N) is 2. The first-order chi connectivity index (χ1) is 9.90. The molecule has 1 aliphatic heterocycles. The lowest BCUT2D eigenvalue weighted by Crippen LogP contribution is -2.50. The maximum atomic E-state index is 12.4. The second-order valence-corrected chi connectivity index (χ2v) is 4.91. The monoisotopic (exact) mass is 302 g/mol. The van der Waals surface area contributed by atoms with Crippen LogP contribution in [0.5, 0.6) is 0 Å². The van der Waals surface area contributed by atoms with Crippen LogP contribution in [0.2, 0.25) is 0 Å². The number of aliphatic carboxylic acids is 1. The molecule has 0 aromatic heterocycles. The van der Waals surface area contributed by atoms with Gasteiger partial charge in [0.15, 0.2) is 0 Å². The molecule has 2 unspecified atom stereocenters. The van der Waals surface area contributed by atoms with Crippen molar-refractivity contribution in [3.63, 3.8) is 0 Å². The number of carboxylic acids is 1. The van der Waals surface area contributed by atoms with Crippen molar-refractivity contribution in [3.05, 3.63) is 0 Å². The van der Waals surface area contributed by atoms with E-state index in [1.807, 2.05) is 6.92 Å². The summed E-state index contributed by atoms with van der Waals surface area (Å²) < 4.78 is 4.81. The van der Waals surface area contributed by atoms with E-state index in [9.17, 15) is 19.5 Å². The molecule has 0 aromatic rings. The van der Waals surface area contributed by atoms with Gasteiger partial charge in [-0.05, 0) is 13.3 Å². The number of urea groups is 1. The quantitative estimate of drug-likeness (QED) is 0.664. The lowest BCUT2D eigenvalue weighted by atomic mass is 10.2. The van der Waals surface area contributed by atoms with Crippen LogP contribution >= 0.6 is 0 Å². The molecule has 2 amide bonds. The Balaban J connectivity index is 2.79. The average Bonchev–Trinajstić information content (AvgIpc) is 2.80. The number of aliphatic hydroxyl groups excluding tert-OH is 1. The summed E-state index contributed by atoms with van der Waals surface area (Å²) in [5.41, 5.74) is 0. The summed E-state index contributed by atoms with van der Waals surface area (Å²) in [6.07, 6.45) is -0.235. The summed E-state index contributed by atoms with van der Waals surface area (Å²) in [5.74, 6) is -1.70. The highest BCUT2D eigenvalue weighted by atomic mass is 16.5. The van der Waals surface area contributed by atoms with Gasteiger partial charge in [-0.15, -0.1) is 0 Å². The van der Waals surface area contributed by atoms with Crippen molar-refractivity contribution >= 4 is 18.0 Å². The predicted octanol–water partition coefficient (Wildman–Crippen LogP) is -0.0987. The number of likely N-dealkylation sites (tertiary alicyclic amines) is 1. The number of carboxylic acid groups (broad SMARTS) is 1. The largest absolute Gasteiger partial charge is 0.480 e. The van der Waals surface area contributed by atoms with Gasteiger partial charge in [0.2, 0.25) is 0 Å². The summed E-state index contributed by atoms with van der Waals surface area (Å²) in [4.78, 5) is 37.4. The molecule has 1 fully saturated rings. The van der Waals surface area contributed by atoms with E-state index in [2.05, 4.69) is 0 Å². The molecule has 0 aromatic carbocycles. The number of carbonyl (C=O) groups excluding carboxylic acids is 2. The fraction of sp³-hybridized carbons (Fsp3) is 0.769. The molecule has 1 aliphatic rings. The summed E-state index contributed by atoms with van der Waals surface area (Å²) in [5, 5.41) is 18.7. The van der Waals surface area contributed by atoms with E-state index in [0.29, 0.717) is 13.0 Å². The zero-order chi connectivity index (χ0) is 16.0. The van der Waals surface area contributed by atoms with Crippen LogP contribution in [0.1, 0.15) is 26.7 Å². The average molecular weight is 302 g/mol. The Morgan fingerprint density at radius 2 is 2.00 bits per heavy atom. The minimum absolute atomic E-state index is 0.000441. The van der Waals surface area contributed by atoms with Crippen LogP contribution in [-0.2, 0) is 14.3 Å². The van der Waals surface area contributed by atoms with Crippen LogP contribution < -0.4 is 0 Å². The molecule has 0 aliphatic carbocycles. The smallest absolute Gasteiger partial charge is 0.326 e.